The van der Waals surface area contributed by atoms with Gasteiger partial charge < -0.3 is 10.3 Å². The second-order valence-electron chi connectivity index (χ2n) is 3.86. The Morgan fingerprint density at radius 2 is 2.13 bits per heavy atom. The number of sulfone groups is 1. The zero-order chi connectivity index (χ0) is 11.7. The second kappa shape index (κ2) is 3.90. The third kappa shape index (κ3) is 3.28. The van der Waals surface area contributed by atoms with Gasteiger partial charge in [-0.05, 0) is 13.3 Å². The molecular formula is C8H15N3O3S. The van der Waals surface area contributed by atoms with Crippen molar-refractivity contribution in [1.82, 2.24) is 10.1 Å². The zero-order valence-electron chi connectivity index (χ0n) is 9.02. The van der Waals surface area contributed by atoms with Crippen molar-refractivity contribution in [3.05, 3.63) is 11.7 Å². The average Bonchev–Trinajstić information content (AvgIpc) is 2.50. The van der Waals surface area contributed by atoms with Crippen molar-refractivity contribution in [2.75, 3.05) is 6.26 Å². The zero-order valence-corrected chi connectivity index (χ0v) is 9.84. The van der Waals surface area contributed by atoms with Crippen LogP contribution in [0.4, 0.5) is 0 Å². The highest BCUT2D eigenvalue weighted by Crippen LogP contribution is 2.19. The fourth-order valence-electron chi connectivity index (χ4n) is 0.930. The molecule has 0 aliphatic carbocycles. The fraction of sp³-hybridized carbons (Fsp3) is 0.750. The third-order valence-corrected chi connectivity index (χ3v) is 2.86. The van der Waals surface area contributed by atoms with E-state index in [2.05, 4.69) is 10.1 Å². The fourth-order valence-corrected chi connectivity index (χ4v) is 1.52. The van der Waals surface area contributed by atoms with Crippen LogP contribution in [0.2, 0.25) is 0 Å². The predicted octanol–water partition coefficient (Wildman–Crippen LogP) is 0.198. The van der Waals surface area contributed by atoms with E-state index in [0.29, 0.717) is 6.42 Å². The lowest BCUT2D eigenvalue weighted by Gasteiger charge is -2.16. The van der Waals surface area contributed by atoms with Crippen LogP contribution in [0.15, 0.2) is 4.52 Å². The predicted molar refractivity (Wildman–Crippen MR) is 54.7 cm³/mol. The molecule has 0 amide bonds. The van der Waals surface area contributed by atoms with E-state index in [4.69, 9.17) is 10.3 Å². The van der Waals surface area contributed by atoms with E-state index in [9.17, 15) is 8.42 Å². The molecule has 0 spiro atoms. The number of aromatic nitrogens is 2. The van der Waals surface area contributed by atoms with E-state index in [-0.39, 0.29) is 17.5 Å². The Hall–Kier alpha value is -0.950. The SMILES string of the molecule is CCC(C)(N)c1nc(CS(C)(=O)=O)no1. The number of hydrogen-bond acceptors (Lipinski definition) is 6. The molecule has 0 radical (unpaired) electrons. The minimum Gasteiger partial charge on any atom is -0.337 e. The summed E-state index contributed by atoms with van der Waals surface area (Å²) in [5, 5.41) is 3.57. The van der Waals surface area contributed by atoms with Crippen LogP contribution in [-0.4, -0.2) is 24.8 Å². The van der Waals surface area contributed by atoms with Gasteiger partial charge >= 0.3 is 0 Å². The molecule has 1 heterocycles. The van der Waals surface area contributed by atoms with Crippen molar-refractivity contribution in [3.8, 4) is 0 Å². The first-order valence-electron chi connectivity index (χ1n) is 4.54. The molecular weight excluding hydrogens is 218 g/mol. The monoisotopic (exact) mass is 233 g/mol. The van der Waals surface area contributed by atoms with Crippen molar-refractivity contribution in [1.29, 1.82) is 0 Å². The van der Waals surface area contributed by atoms with Gasteiger partial charge in [-0.1, -0.05) is 12.1 Å². The largest absolute Gasteiger partial charge is 0.337 e. The molecule has 0 bridgehead atoms. The van der Waals surface area contributed by atoms with Gasteiger partial charge in [0, 0.05) is 6.26 Å². The van der Waals surface area contributed by atoms with Crippen molar-refractivity contribution >= 4 is 9.84 Å². The van der Waals surface area contributed by atoms with E-state index in [1.807, 2.05) is 6.92 Å². The van der Waals surface area contributed by atoms with Gasteiger partial charge in [0.25, 0.3) is 0 Å². The Morgan fingerprint density at radius 1 is 1.53 bits per heavy atom. The van der Waals surface area contributed by atoms with Gasteiger partial charge in [0.2, 0.25) is 5.89 Å². The lowest BCUT2D eigenvalue weighted by atomic mass is 10.0. The van der Waals surface area contributed by atoms with Crippen LogP contribution in [0.5, 0.6) is 0 Å². The number of rotatable bonds is 4. The van der Waals surface area contributed by atoms with Gasteiger partial charge in [-0.3, -0.25) is 0 Å². The summed E-state index contributed by atoms with van der Waals surface area (Å²) in [6.07, 6.45) is 1.75. The molecule has 1 aromatic rings. The maximum Gasteiger partial charge on any atom is 0.246 e. The molecule has 1 unspecified atom stereocenters. The summed E-state index contributed by atoms with van der Waals surface area (Å²) in [7, 11) is -3.14. The third-order valence-electron chi connectivity index (χ3n) is 2.08. The normalized spacial score (nSPS) is 16.3. The van der Waals surface area contributed by atoms with Crippen LogP contribution < -0.4 is 5.73 Å². The summed E-state index contributed by atoms with van der Waals surface area (Å²) in [6, 6.07) is 0. The number of hydrogen-bond donors (Lipinski definition) is 1. The van der Waals surface area contributed by atoms with Gasteiger partial charge in [0.05, 0.1) is 5.54 Å². The van der Waals surface area contributed by atoms with Crippen LogP contribution in [0.25, 0.3) is 0 Å². The standard InChI is InChI=1S/C8H15N3O3S/c1-4-8(2,9)7-10-6(11-14-7)5-15(3,12)13/h4-5,9H2,1-3H3. The second-order valence-corrected chi connectivity index (χ2v) is 6.00. The van der Waals surface area contributed by atoms with Gasteiger partial charge in [0.15, 0.2) is 15.7 Å². The van der Waals surface area contributed by atoms with E-state index < -0.39 is 15.4 Å². The van der Waals surface area contributed by atoms with Crippen LogP contribution in [0, 0.1) is 0 Å². The van der Waals surface area contributed by atoms with Gasteiger partial charge in [-0.15, -0.1) is 0 Å². The van der Waals surface area contributed by atoms with E-state index in [0.717, 1.165) is 6.26 Å². The summed E-state index contributed by atoms with van der Waals surface area (Å²) in [4.78, 5) is 3.96. The minimum absolute atomic E-state index is 0.151. The molecule has 7 heteroatoms. The van der Waals surface area contributed by atoms with Crippen molar-refractivity contribution in [2.45, 2.75) is 31.6 Å². The van der Waals surface area contributed by atoms with Gasteiger partial charge in [-0.2, -0.15) is 4.98 Å². The highest BCUT2D eigenvalue weighted by atomic mass is 32.2. The highest BCUT2D eigenvalue weighted by Gasteiger charge is 2.26. The lowest BCUT2D eigenvalue weighted by molar-refractivity contribution is 0.290. The van der Waals surface area contributed by atoms with Gasteiger partial charge in [0.1, 0.15) is 5.75 Å². The van der Waals surface area contributed by atoms with Crippen LogP contribution >= 0.6 is 0 Å². The lowest BCUT2D eigenvalue weighted by Crippen LogP contribution is -2.32. The van der Waals surface area contributed by atoms with Crippen molar-refractivity contribution < 1.29 is 12.9 Å². The molecule has 1 aromatic heterocycles. The first-order chi connectivity index (χ1) is 6.74. The minimum atomic E-state index is -3.14. The molecule has 2 N–H and O–H groups in total. The van der Waals surface area contributed by atoms with Crippen LogP contribution in [0.1, 0.15) is 32.0 Å². The smallest absolute Gasteiger partial charge is 0.246 e. The summed E-state index contributed by atoms with van der Waals surface area (Å²) < 4.78 is 26.9. The molecule has 15 heavy (non-hydrogen) atoms. The maximum absolute atomic E-state index is 11.0. The van der Waals surface area contributed by atoms with Crippen LogP contribution in [-0.2, 0) is 21.1 Å². The Morgan fingerprint density at radius 3 is 2.60 bits per heavy atom. The molecule has 0 fully saturated rings. The Kier molecular flexibility index (Phi) is 3.15. The quantitative estimate of drug-likeness (QED) is 0.797. The highest BCUT2D eigenvalue weighted by molar-refractivity contribution is 7.89. The molecule has 1 atom stereocenters. The summed E-state index contributed by atoms with van der Waals surface area (Å²) in [6.45, 7) is 3.64. The Labute approximate surface area is 88.8 Å². The molecule has 86 valence electrons. The molecule has 0 saturated carbocycles. The summed E-state index contributed by atoms with van der Waals surface area (Å²) >= 11 is 0. The summed E-state index contributed by atoms with van der Waals surface area (Å²) in [5.74, 6) is 0.192. The molecule has 0 saturated heterocycles. The first-order valence-corrected chi connectivity index (χ1v) is 6.60. The number of nitrogens with zero attached hydrogens (tertiary/aromatic N) is 2. The molecule has 1 rings (SSSR count). The molecule has 0 aromatic carbocycles. The van der Waals surface area contributed by atoms with E-state index in [1.54, 1.807) is 6.92 Å². The van der Waals surface area contributed by atoms with E-state index >= 15 is 0 Å². The molecule has 0 aliphatic heterocycles. The van der Waals surface area contributed by atoms with Gasteiger partial charge in [-0.25, -0.2) is 8.42 Å². The van der Waals surface area contributed by atoms with Crippen molar-refractivity contribution in [3.63, 3.8) is 0 Å². The number of nitrogens with two attached hydrogens (primary N) is 1. The Balaban J connectivity index is 2.91. The maximum atomic E-state index is 11.0. The Bertz CT molecular complexity index is 436. The average molecular weight is 233 g/mol. The topological polar surface area (TPSA) is 99.1 Å². The van der Waals surface area contributed by atoms with E-state index in [1.165, 1.54) is 0 Å². The first kappa shape index (κ1) is 12.1. The summed E-state index contributed by atoms with van der Waals surface area (Å²) in [5.41, 5.74) is 5.16. The van der Waals surface area contributed by atoms with Crippen LogP contribution in [0.3, 0.4) is 0 Å². The molecule has 6 nitrogen and oxygen atoms in total. The molecule has 0 aliphatic rings. The van der Waals surface area contributed by atoms with Crippen molar-refractivity contribution in [2.24, 2.45) is 5.73 Å².